The zero-order valence-corrected chi connectivity index (χ0v) is 23.0. The van der Waals surface area contributed by atoms with E-state index in [0.29, 0.717) is 42.7 Å². The third-order valence-electron chi connectivity index (χ3n) is 6.80. The van der Waals surface area contributed by atoms with E-state index in [4.69, 9.17) is 0 Å². The maximum absolute atomic E-state index is 15.2. The van der Waals surface area contributed by atoms with Gasteiger partial charge in [0.25, 0.3) is 5.91 Å². The normalized spacial score (nSPS) is 14.6. The third-order valence-corrected chi connectivity index (χ3v) is 6.80. The van der Waals surface area contributed by atoms with E-state index in [1.54, 1.807) is 17.2 Å². The summed E-state index contributed by atoms with van der Waals surface area (Å²) in [6.45, 7) is 15.5. The number of carbonyl (C=O) groups is 1. The highest BCUT2D eigenvalue weighted by molar-refractivity contribution is 5.98. The third kappa shape index (κ3) is 6.98. The number of benzene rings is 1. The van der Waals surface area contributed by atoms with Crippen LogP contribution in [0.4, 0.5) is 10.1 Å². The van der Waals surface area contributed by atoms with Crippen molar-refractivity contribution in [3.63, 3.8) is 0 Å². The summed E-state index contributed by atoms with van der Waals surface area (Å²) in [7, 11) is 2.06. The molecule has 1 fully saturated rings. The van der Waals surface area contributed by atoms with E-state index in [2.05, 4.69) is 39.6 Å². The highest BCUT2D eigenvalue weighted by atomic mass is 35.5. The molecule has 35 heavy (non-hydrogen) atoms. The van der Waals surface area contributed by atoms with Crippen LogP contribution in [0.1, 0.15) is 57.8 Å². The Balaban J connectivity index is 0.00000432. The number of anilines is 1. The minimum atomic E-state index is -0.405. The quantitative estimate of drug-likeness (QED) is 0.485. The first-order chi connectivity index (χ1) is 16.1. The van der Waals surface area contributed by atoms with Gasteiger partial charge in [-0.2, -0.15) is 0 Å². The number of nitrogens with zero attached hydrogens (tertiary/aromatic N) is 4. The van der Waals surface area contributed by atoms with Crippen molar-refractivity contribution in [1.29, 1.82) is 0 Å². The zero-order valence-electron chi connectivity index (χ0n) is 22.1. The number of amides is 1. The second-order valence-corrected chi connectivity index (χ2v) is 10.4. The molecular formula is C27H42ClFN4O2. The highest BCUT2D eigenvalue weighted by Gasteiger charge is 2.24. The molecule has 2 aromatic rings. The van der Waals surface area contributed by atoms with Gasteiger partial charge in [-0.15, -0.1) is 12.4 Å². The van der Waals surface area contributed by atoms with E-state index in [9.17, 15) is 9.59 Å². The molecule has 1 amide bonds. The summed E-state index contributed by atoms with van der Waals surface area (Å²) in [6, 6.07) is 3.12. The Bertz CT molecular complexity index is 1050. The summed E-state index contributed by atoms with van der Waals surface area (Å²) in [5.41, 5.74) is 0.952. The number of likely N-dealkylation sites (N-methyl/N-ethyl adjacent to an activating group) is 1. The zero-order chi connectivity index (χ0) is 25.0. The fourth-order valence-electron chi connectivity index (χ4n) is 4.42. The molecule has 0 bridgehead atoms. The summed E-state index contributed by atoms with van der Waals surface area (Å²) in [6.07, 6.45) is 3.43. The lowest BCUT2D eigenvalue weighted by Crippen LogP contribution is -2.44. The Morgan fingerprint density at radius 1 is 1.03 bits per heavy atom. The first kappa shape index (κ1) is 29.1. The molecule has 2 heterocycles. The molecule has 1 aliphatic rings. The van der Waals surface area contributed by atoms with Crippen molar-refractivity contribution >= 4 is 34.9 Å². The number of halogens is 2. The molecule has 0 spiro atoms. The summed E-state index contributed by atoms with van der Waals surface area (Å²) in [5, 5.41) is 0.274. The predicted octanol–water partition coefficient (Wildman–Crippen LogP) is 4.87. The predicted molar refractivity (Wildman–Crippen MR) is 146 cm³/mol. The van der Waals surface area contributed by atoms with E-state index < -0.39 is 5.82 Å². The number of fused-ring (bicyclic) bond motifs is 1. The Morgan fingerprint density at radius 3 is 2.11 bits per heavy atom. The molecule has 0 N–H and O–H groups in total. The van der Waals surface area contributed by atoms with Crippen molar-refractivity contribution < 1.29 is 9.18 Å². The van der Waals surface area contributed by atoms with Crippen molar-refractivity contribution in [3.8, 4) is 0 Å². The number of carbonyl (C=O) groups excluding carboxylic acids is 1. The average Bonchev–Trinajstić information content (AvgIpc) is 2.79. The van der Waals surface area contributed by atoms with Crippen LogP contribution in [0.5, 0.6) is 0 Å². The van der Waals surface area contributed by atoms with Crippen molar-refractivity contribution in [2.45, 2.75) is 54.0 Å². The molecule has 0 saturated carbocycles. The van der Waals surface area contributed by atoms with Crippen LogP contribution in [-0.4, -0.2) is 66.6 Å². The van der Waals surface area contributed by atoms with Gasteiger partial charge < -0.3 is 19.3 Å². The molecule has 1 aromatic heterocycles. The summed E-state index contributed by atoms with van der Waals surface area (Å²) >= 11 is 0. The van der Waals surface area contributed by atoms with Crippen LogP contribution in [0, 0.1) is 17.7 Å². The van der Waals surface area contributed by atoms with Crippen LogP contribution >= 0.6 is 12.4 Å². The van der Waals surface area contributed by atoms with Gasteiger partial charge in [0.1, 0.15) is 11.4 Å². The lowest BCUT2D eigenvalue weighted by atomic mass is 10.1. The molecule has 0 atom stereocenters. The molecule has 0 aliphatic carbocycles. The molecule has 1 aromatic carbocycles. The van der Waals surface area contributed by atoms with Gasteiger partial charge in [-0.3, -0.25) is 9.59 Å². The summed E-state index contributed by atoms with van der Waals surface area (Å²) in [4.78, 5) is 33.1. The number of hydrogen-bond donors (Lipinski definition) is 0. The molecule has 0 unspecified atom stereocenters. The van der Waals surface area contributed by atoms with E-state index >= 15 is 4.39 Å². The van der Waals surface area contributed by atoms with E-state index in [-0.39, 0.29) is 34.7 Å². The molecule has 8 heteroatoms. The maximum atomic E-state index is 15.2. The number of rotatable bonds is 9. The van der Waals surface area contributed by atoms with E-state index in [1.807, 2.05) is 16.4 Å². The first-order valence-electron chi connectivity index (χ1n) is 12.7. The molecule has 3 rings (SSSR count). The van der Waals surface area contributed by atoms with Crippen molar-refractivity contribution in [3.05, 3.63) is 39.9 Å². The Labute approximate surface area is 215 Å². The van der Waals surface area contributed by atoms with Crippen LogP contribution < -0.4 is 10.3 Å². The van der Waals surface area contributed by atoms with Crippen molar-refractivity contribution in [2.75, 3.05) is 51.2 Å². The molecule has 0 radical (unpaired) electrons. The van der Waals surface area contributed by atoms with Gasteiger partial charge in [0.15, 0.2) is 0 Å². The number of piperazine rings is 1. The largest absolute Gasteiger partial charge is 0.367 e. The molecule has 196 valence electrons. The minimum absolute atomic E-state index is 0. The fourth-order valence-corrected chi connectivity index (χ4v) is 4.42. The monoisotopic (exact) mass is 508 g/mol. The fraction of sp³-hybridized carbons (Fsp3) is 0.630. The molecular weight excluding hydrogens is 467 g/mol. The van der Waals surface area contributed by atoms with Crippen molar-refractivity contribution in [2.24, 2.45) is 11.8 Å². The molecule has 6 nitrogen and oxygen atoms in total. The lowest BCUT2D eigenvalue weighted by Gasteiger charge is -2.34. The number of hydrogen-bond acceptors (Lipinski definition) is 4. The molecule has 1 saturated heterocycles. The van der Waals surface area contributed by atoms with Crippen LogP contribution in [0.15, 0.2) is 23.1 Å². The Morgan fingerprint density at radius 2 is 1.60 bits per heavy atom. The second-order valence-electron chi connectivity index (χ2n) is 10.4. The van der Waals surface area contributed by atoms with Crippen LogP contribution in [0.25, 0.3) is 10.9 Å². The van der Waals surface area contributed by atoms with Crippen LogP contribution in [0.3, 0.4) is 0 Å². The first-order valence-corrected chi connectivity index (χ1v) is 12.7. The van der Waals surface area contributed by atoms with Gasteiger partial charge in [0.05, 0.1) is 11.2 Å². The number of pyridine rings is 1. The topological polar surface area (TPSA) is 48.8 Å². The molecule has 1 aliphatic heterocycles. The van der Waals surface area contributed by atoms with Gasteiger partial charge in [-0.25, -0.2) is 4.39 Å². The Hall–Kier alpha value is -2.12. The minimum Gasteiger partial charge on any atom is -0.367 e. The van der Waals surface area contributed by atoms with E-state index in [0.717, 1.165) is 39.0 Å². The second kappa shape index (κ2) is 12.7. The lowest BCUT2D eigenvalue weighted by molar-refractivity contribution is 0.0739. The standard InChI is InChI=1S/C27H41FN4O2.ClH/c1-7-30-18-22(27(34)32(10-8-19(2)3)11-9-20(4)5)26(33)21-16-23(28)25(17-24(21)30)31-14-12-29(6)13-15-31;/h16-20H,7-15H2,1-6H3;1H. The van der Waals surface area contributed by atoms with Crippen LogP contribution in [-0.2, 0) is 6.54 Å². The smallest absolute Gasteiger partial charge is 0.259 e. The summed E-state index contributed by atoms with van der Waals surface area (Å²) in [5.74, 6) is 0.262. The van der Waals surface area contributed by atoms with Crippen molar-refractivity contribution in [1.82, 2.24) is 14.4 Å². The number of aryl methyl sites for hydroxylation is 1. The van der Waals surface area contributed by atoms with Gasteiger partial charge in [-0.1, -0.05) is 27.7 Å². The average molecular weight is 509 g/mol. The van der Waals surface area contributed by atoms with Gasteiger partial charge in [-0.05, 0) is 50.8 Å². The van der Waals surface area contributed by atoms with Crippen LogP contribution in [0.2, 0.25) is 0 Å². The Kier molecular flexibility index (Phi) is 10.6. The summed E-state index contributed by atoms with van der Waals surface area (Å²) < 4.78 is 17.1. The SMILES string of the molecule is CCn1cc(C(=O)N(CCC(C)C)CCC(C)C)c(=O)c2cc(F)c(N3CCN(C)CC3)cc21.Cl. The number of aromatic nitrogens is 1. The van der Waals surface area contributed by atoms with E-state index in [1.165, 1.54) is 6.07 Å². The van der Waals surface area contributed by atoms with Gasteiger partial charge in [0, 0.05) is 57.4 Å². The maximum Gasteiger partial charge on any atom is 0.259 e. The highest BCUT2D eigenvalue weighted by Crippen LogP contribution is 2.26. The van der Waals surface area contributed by atoms with Gasteiger partial charge in [0.2, 0.25) is 5.43 Å². The van der Waals surface area contributed by atoms with Gasteiger partial charge >= 0.3 is 0 Å².